The second kappa shape index (κ2) is 5.76. The van der Waals surface area contributed by atoms with Crippen molar-refractivity contribution >= 4 is 34.1 Å². The van der Waals surface area contributed by atoms with Crippen LogP contribution in [0.4, 0.5) is 0 Å². The maximum atomic E-state index is 5.62. The van der Waals surface area contributed by atoms with Crippen molar-refractivity contribution in [3.63, 3.8) is 0 Å². The standard InChI is InChI=1S/C15H16N8/c16-14(22-18)20-12-7-13(21-15(17)23-19)11-6-9-4-2-1-3-8(9)5-10(11)12/h1-6H,7,18-19H2,(H2,16,22)(H2,17,23)/b20-12+,21-13+. The lowest BCUT2D eigenvalue weighted by Gasteiger charge is -2.04. The van der Waals surface area contributed by atoms with E-state index in [9.17, 15) is 0 Å². The fourth-order valence-corrected chi connectivity index (χ4v) is 2.60. The summed E-state index contributed by atoms with van der Waals surface area (Å²) in [7, 11) is 0. The molecule has 8 nitrogen and oxygen atoms in total. The molecule has 0 radical (unpaired) electrons. The minimum atomic E-state index is 0.000762. The smallest absolute Gasteiger partial charge is 0.237 e. The van der Waals surface area contributed by atoms with Gasteiger partial charge in [-0.2, -0.15) is 0 Å². The molecule has 3 rings (SSSR count). The Hall–Kier alpha value is -3.42. The first-order chi connectivity index (χ1) is 11.1. The van der Waals surface area contributed by atoms with E-state index in [-0.39, 0.29) is 11.9 Å². The normalized spacial score (nSPS) is 18.8. The molecular formula is C15H16N8. The van der Waals surface area contributed by atoms with Gasteiger partial charge in [0.15, 0.2) is 0 Å². The van der Waals surface area contributed by atoms with Crippen LogP contribution in [0, 0.1) is 0 Å². The topological polar surface area (TPSA) is 154 Å². The van der Waals surface area contributed by atoms with Crippen LogP contribution in [-0.4, -0.2) is 23.3 Å². The summed E-state index contributed by atoms with van der Waals surface area (Å²) in [6, 6.07) is 12.1. The van der Waals surface area contributed by atoms with Crippen LogP contribution in [0.25, 0.3) is 10.8 Å². The minimum absolute atomic E-state index is 0.000762. The first-order valence-corrected chi connectivity index (χ1v) is 6.87. The second-order valence-corrected chi connectivity index (χ2v) is 5.01. The summed E-state index contributed by atoms with van der Waals surface area (Å²) in [5, 5.41) is 8.95. The zero-order valence-electron chi connectivity index (χ0n) is 12.3. The third kappa shape index (κ3) is 2.69. The fourth-order valence-electron chi connectivity index (χ4n) is 2.60. The third-order valence-electron chi connectivity index (χ3n) is 3.61. The molecule has 0 saturated carbocycles. The van der Waals surface area contributed by atoms with Gasteiger partial charge in [-0.05, 0) is 22.9 Å². The fraction of sp³-hybridized carbons (Fsp3) is 0.0667. The molecule has 0 aliphatic heterocycles. The summed E-state index contributed by atoms with van der Waals surface area (Å²) in [6.45, 7) is 0. The van der Waals surface area contributed by atoms with Crippen LogP contribution in [0.15, 0.2) is 56.6 Å². The van der Waals surface area contributed by atoms with E-state index in [0.717, 1.165) is 33.3 Å². The molecule has 116 valence electrons. The number of hydrogen-bond donors (Lipinski definition) is 4. The molecule has 0 atom stereocenters. The summed E-state index contributed by atoms with van der Waals surface area (Å²) in [5.74, 6) is 10.3. The van der Waals surface area contributed by atoms with E-state index in [1.54, 1.807) is 0 Å². The second-order valence-electron chi connectivity index (χ2n) is 5.01. The Balaban J connectivity index is 2.24. The molecule has 0 aromatic heterocycles. The number of hydrogen-bond acceptors (Lipinski definition) is 4. The summed E-state index contributed by atoms with van der Waals surface area (Å²) in [5.41, 5.74) is 14.5. The number of aliphatic imine (C=N–C) groups is 2. The van der Waals surface area contributed by atoms with Crippen LogP contribution in [0.1, 0.15) is 17.5 Å². The quantitative estimate of drug-likeness (QED) is 0.237. The van der Waals surface area contributed by atoms with Crippen molar-refractivity contribution in [3.05, 3.63) is 47.5 Å². The number of rotatable bonds is 0. The van der Waals surface area contributed by atoms with Crippen molar-refractivity contribution in [2.45, 2.75) is 6.42 Å². The van der Waals surface area contributed by atoms with Gasteiger partial charge in [-0.25, -0.2) is 9.98 Å². The van der Waals surface area contributed by atoms with E-state index in [1.807, 2.05) is 36.4 Å². The monoisotopic (exact) mass is 308 g/mol. The SMILES string of the molecule is N/N=C(N)/N=C1\C/C(=N\C(N)=N\N)c2cc3ccccc3cc21. The molecule has 1 aliphatic rings. The maximum Gasteiger partial charge on any atom is 0.237 e. The van der Waals surface area contributed by atoms with E-state index < -0.39 is 0 Å². The molecule has 0 saturated heterocycles. The lowest BCUT2D eigenvalue weighted by Crippen LogP contribution is -2.15. The van der Waals surface area contributed by atoms with Gasteiger partial charge in [-0.1, -0.05) is 24.3 Å². The molecule has 0 unspecified atom stereocenters. The van der Waals surface area contributed by atoms with E-state index in [0.29, 0.717) is 6.42 Å². The van der Waals surface area contributed by atoms with Gasteiger partial charge < -0.3 is 23.2 Å². The molecule has 0 fully saturated rings. The lowest BCUT2D eigenvalue weighted by molar-refractivity contribution is 1.21. The highest BCUT2D eigenvalue weighted by atomic mass is 15.2. The zero-order valence-corrected chi connectivity index (χ0v) is 12.3. The summed E-state index contributed by atoms with van der Waals surface area (Å²) in [6.07, 6.45) is 0.443. The molecule has 2 aromatic carbocycles. The van der Waals surface area contributed by atoms with Gasteiger partial charge >= 0.3 is 0 Å². The maximum absolute atomic E-state index is 5.62. The van der Waals surface area contributed by atoms with E-state index in [2.05, 4.69) is 20.2 Å². The van der Waals surface area contributed by atoms with Gasteiger partial charge in [-0.3, -0.25) is 0 Å². The number of fused-ring (bicyclic) bond motifs is 2. The molecule has 23 heavy (non-hydrogen) atoms. The third-order valence-corrected chi connectivity index (χ3v) is 3.61. The average Bonchev–Trinajstić information content (AvgIpc) is 2.89. The molecule has 0 amide bonds. The molecule has 1 aliphatic carbocycles. The molecule has 0 bridgehead atoms. The summed E-state index contributed by atoms with van der Waals surface area (Å²) >= 11 is 0. The number of nitrogens with two attached hydrogens (primary N) is 4. The highest BCUT2D eigenvalue weighted by Gasteiger charge is 2.25. The Morgan fingerprint density at radius 1 is 0.783 bits per heavy atom. The Labute approximate surface area is 132 Å². The summed E-state index contributed by atoms with van der Waals surface area (Å²) in [4.78, 5) is 8.51. The molecule has 0 spiro atoms. The first kappa shape index (κ1) is 14.5. The summed E-state index contributed by atoms with van der Waals surface area (Å²) < 4.78 is 0. The predicted octanol–water partition coefficient (Wildman–Crippen LogP) is 0.199. The van der Waals surface area contributed by atoms with Crippen LogP contribution < -0.4 is 23.2 Å². The van der Waals surface area contributed by atoms with E-state index >= 15 is 0 Å². The van der Waals surface area contributed by atoms with Crippen LogP contribution in [-0.2, 0) is 0 Å². The van der Waals surface area contributed by atoms with Gasteiger partial charge in [0.1, 0.15) is 0 Å². The Morgan fingerprint density at radius 3 is 1.61 bits per heavy atom. The van der Waals surface area contributed by atoms with Crippen molar-refractivity contribution < 1.29 is 0 Å². The average molecular weight is 308 g/mol. The molecule has 0 heterocycles. The van der Waals surface area contributed by atoms with E-state index in [4.69, 9.17) is 23.2 Å². The number of guanidine groups is 2. The van der Waals surface area contributed by atoms with E-state index in [1.165, 1.54) is 0 Å². The Morgan fingerprint density at radius 2 is 1.22 bits per heavy atom. The zero-order chi connectivity index (χ0) is 16.4. The van der Waals surface area contributed by atoms with Gasteiger partial charge in [0, 0.05) is 17.5 Å². The Kier molecular flexibility index (Phi) is 3.63. The van der Waals surface area contributed by atoms with Crippen molar-refractivity contribution in [3.8, 4) is 0 Å². The highest BCUT2D eigenvalue weighted by molar-refractivity contribution is 6.31. The van der Waals surface area contributed by atoms with Crippen LogP contribution in [0.2, 0.25) is 0 Å². The van der Waals surface area contributed by atoms with Gasteiger partial charge in [0.2, 0.25) is 11.9 Å². The molecule has 8 heteroatoms. The van der Waals surface area contributed by atoms with Crippen LogP contribution >= 0.6 is 0 Å². The van der Waals surface area contributed by atoms with Gasteiger partial charge in [0.25, 0.3) is 0 Å². The lowest BCUT2D eigenvalue weighted by atomic mass is 10.0. The van der Waals surface area contributed by atoms with Gasteiger partial charge in [-0.15, -0.1) is 10.2 Å². The predicted molar refractivity (Wildman–Crippen MR) is 93.3 cm³/mol. The number of nitrogens with zero attached hydrogens (tertiary/aromatic N) is 4. The van der Waals surface area contributed by atoms with Gasteiger partial charge in [0.05, 0.1) is 11.4 Å². The van der Waals surface area contributed by atoms with Crippen LogP contribution in [0.3, 0.4) is 0 Å². The van der Waals surface area contributed by atoms with Crippen molar-refractivity contribution in [1.82, 2.24) is 0 Å². The highest BCUT2D eigenvalue weighted by Crippen LogP contribution is 2.28. The van der Waals surface area contributed by atoms with Crippen molar-refractivity contribution in [2.75, 3.05) is 0 Å². The van der Waals surface area contributed by atoms with Crippen molar-refractivity contribution in [1.29, 1.82) is 0 Å². The molecule has 2 aromatic rings. The molecular weight excluding hydrogens is 292 g/mol. The Bertz CT molecular complexity index is 819. The largest absolute Gasteiger partial charge is 0.367 e. The minimum Gasteiger partial charge on any atom is -0.367 e. The first-order valence-electron chi connectivity index (χ1n) is 6.87. The van der Waals surface area contributed by atoms with Crippen molar-refractivity contribution in [2.24, 2.45) is 43.3 Å². The molecule has 8 N–H and O–H groups in total. The van der Waals surface area contributed by atoms with Crippen LogP contribution in [0.5, 0.6) is 0 Å². The number of benzene rings is 2. The number of hydrazone groups is 2.